The van der Waals surface area contributed by atoms with Crippen molar-refractivity contribution in [2.75, 3.05) is 13.6 Å². The fourth-order valence-electron chi connectivity index (χ4n) is 2.79. The highest BCUT2D eigenvalue weighted by Crippen LogP contribution is 2.39. The largest absolute Gasteiger partial charge is 0.325 e. The van der Waals surface area contributed by atoms with Crippen LogP contribution in [0.2, 0.25) is 0 Å². The Balaban J connectivity index is 1.55. The number of nitrogens with two attached hydrogens (primary N) is 1. The first kappa shape index (κ1) is 12.7. The minimum absolute atomic E-state index is 0.524. The molecule has 6 nitrogen and oxygen atoms in total. The molecule has 2 aromatic heterocycles. The quantitative estimate of drug-likeness (QED) is 0.883. The van der Waals surface area contributed by atoms with E-state index in [-0.39, 0.29) is 0 Å². The molecule has 0 saturated heterocycles. The zero-order valence-electron chi connectivity index (χ0n) is 12.2. The molecule has 1 aliphatic carbocycles. The second-order valence-corrected chi connectivity index (χ2v) is 5.85. The van der Waals surface area contributed by atoms with Gasteiger partial charge in [-0.15, -0.1) is 5.53 Å². The molecule has 2 aliphatic rings. The minimum Gasteiger partial charge on any atom is -0.325 e. The van der Waals surface area contributed by atoms with Crippen molar-refractivity contribution in [3.8, 4) is 0 Å². The van der Waals surface area contributed by atoms with E-state index in [1.807, 2.05) is 23.3 Å². The van der Waals surface area contributed by atoms with Gasteiger partial charge in [0.2, 0.25) is 0 Å². The number of pyridine rings is 1. The number of nitrogens with one attached hydrogen (secondary N) is 1. The van der Waals surface area contributed by atoms with Gasteiger partial charge in [-0.2, -0.15) is 0 Å². The molecule has 1 fully saturated rings. The molecule has 0 unspecified atom stereocenters. The maximum absolute atomic E-state index is 5.70. The monoisotopic (exact) mass is 284 g/mol. The van der Waals surface area contributed by atoms with Crippen molar-refractivity contribution in [3.63, 3.8) is 0 Å². The summed E-state index contributed by atoms with van der Waals surface area (Å²) in [5, 5.41) is 3.94. The number of hydrogen-bond donors (Lipinski definition) is 2. The fraction of sp³-hybridized carbons (Fsp3) is 0.400. The van der Waals surface area contributed by atoms with Gasteiger partial charge in [-0.25, -0.2) is 4.98 Å². The number of hydrazine groups is 2. The summed E-state index contributed by atoms with van der Waals surface area (Å²) in [5.41, 5.74) is 13.5. The number of likely N-dealkylation sites (N-methyl/N-ethyl adjacent to an activating group) is 1. The lowest BCUT2D eigenvalue weighted by Crippen LogP contribution is -2.38. The van der Waals surface area contributed by atoms with Crippen LogP contribution in [0.5, 0.6) is 0 Å². The van der Waals surface area contributed by atoms with E-state index in [0.29, 0.717) is 13.1 Å². The van der Waals surface area contributed by atoms with E-state index in [0.717, 1.165) is 23.0 Å². The first-order valence-corrected chi connectivity index (χ1v) is 7.38. The number of nitrogens with zero attached hydrogens (tertiary/aromatic N) is 4. The molecule has 110 valence electrons. The Hall–Kier alpha value is -2.05. The van der Waals surface area contributed by atoms with Crippen LogP contribution in [0.25, 0.3) is 5.65 Å². The maximum Gasteiger partial charge on any atom is 0.137 e. The van der Waals surface area contributed by atoms with Crippen molar-refractivity contribution >= 4 is 5.65 Å². The standard InChI is InChI=1S/C15H20N6/c1-19-14(6-16)10-21(18-19)9-13-8-20-7-12(11-2-3-11)4-5-15(20)17-13/h4-5,7-8,10-11,18H,2-3,6,9,16H2,1H3. The van der Waals surface area contributed by atoms with Crippen LogP contribution < -0.4 is 11.3 Å². The summed E-state index contributed by atoms with van der Waals surface area (Å²) in [4.78, 5) is 4.68. The number of aromatic nitrogens is 2. The Morgan fingerprint density at radius 3 is 2.90 bits per heavy atom. The van der Waals surface area contributed by atoms with Gasteiger partial charge in [-0.3, -0.25) is 10.0 Å². The van der Waals surface area contributed by atoms with Crippen molar-refractivity contribution < 1.29 is 0 Å². The van der Waals surface area contributed by atoms with Crippen molar-refractivity contribution in [2.24, 2.45) is 5.73 Å². The molecule has 0 spiro atoms. The van der Waals surface area contributed by atoms with Gasteiger partial charge in [0.15, 0.2) is 0 Å². The van der Waals surface area contributed by atoms with Crippen LogP contribution >= 0.6 is 0 Å². The Morgan fingerprint density at radius 1 is 1.33 bits per heavy atom. The van der Waals surface area contributed by atoms with Crippen molar-refractivity contribution in [3.05, 3.63) is 47.7 Å². The van der Waals surface area contributed by atoms with Crippen LogP contribution in [-0.2, 0) is 6.54 Å². The Morgan fingerprint density at radius 2 is 2.19 bits per heavy atom. The van der Waals surface area contributed by atoms with Gasteiger partial charge < -0.3 is 10.1 Å². The van der Waals surface area contributed by atoms with Gasteiger partial charge in [0.1, 0.15) is 5.65 Å². The second kappa shape index (κ2) is 4.75. The van der Waals surface area contributed by atoms with Crippen molar-refractivity contribution in [1.29, 1.82) is 0 Å². The molecule has 0 bridgehead atoms. The van der Waals surface area contributed by atoms with Gasteiger partial charge in [0.25, 0.3) is 0 Å². The lowest BCUT2D eigenvalue weighted by molar-refractivity contribution is 0.146. The minimum atomic E-state index is 0.524. The average Bonchev–Trinajstić information content (AvgIpc) is 3.15. The van der Waals surface area contributed by atoms with Gasteiger partial charge in [0.05, 0.1) is 17.9 Å². The predicted octanol–water partition coefficient (Wildman–Crippen LogP) is 1.18. The highest BCUT2D eigenvalue weighted by Gasteiger charge is 2.24. The maximum atomic E-state index is 5.70. The molecule has 0 atom stereocenters. The SMILES string of the molecule is CN1NN(Cc2cn3cc(C4CC4)ccc3n2)C=C1CN. The van der Waals surface area contributed by atoms with E-state index in [1.165, 1.54) is 18.4 Å². The van der Waals surface area contributed by atoms with E-state index in [9.17, 15) is 0 Å². The molecule has 2 aromatic rings. The van der Waals surface area contributed by atoms with Gasteiger partial charge in [0, 0.05) is 32.2 Å². The molecule has 21 heavy (non-hydrogen) atoms. The zero-order valence-corrected chi connectivity index (χ0v) is 12.2. The Labute approximate surface area is 123 Å². The summed E-state index contributed by atoms with van der Waals surface area (Å²) in [6.07, 6.45) is 9.00. The van der Waals surface area contributed by atoms with E-state index in [4.69, 9.17) is 5.73 Å². The molecule has 4 rings (SSSR count). The molecule has 0 amide bonds. The number of hydrogen-bond acceptors (Lipinski definition) is 5. The second-order valence-electron chi connectivity index (χ2n) is 5.85. The number of imidazole rings is 1. The van der Waals surface area contributed by atoms with E-state index in [2.05, 4.69) is 39.4 Å². The zero-order chi connectivity index (χ0) is 14.4. The van der Waals surface area contributed by atoms with Crippen LogP contribution in [0.15, 0.2) is 36.4 Å². The fourth-order valence-corrected chi connectivity index (χ4v) is 2.79. The normalized spacial score (nSPS) is 18.7. The molecule has 3 N–H and O–H groups in total. The van der Waals surface area contributed by atoms with Gasteiger partial charge >= 0.3 is 0 Å². The topological polar surface area (TPSA) is 61.8 Å². The molecule has 1 aliphatic heterocycles. The van der Waals surface area contributed by atoms with Crippen molar-refractivity contribution in [1.82, 2.24) is 24.9 Å². The van der Waals surface area contributed by atoms with Gasteiger partial charge in [-0.05, 0) is 30.4 Å². The highest BCUT2D eigenvalue weighted by molar-refractivity contribution is 5.42. The highest BCUT2D eigenvalue weighted by atomic mass is 15.8. The van der Waals surface area contributed by atoms with Crippen LogP contribution in [0, 0.1) is 0 Å². The first-order chi connectivity index (χ1) is 10.2. The number of fused-ring (bicyclic) bond motifs is 1. The predicted molar refractivity (Wildman–Crippen MR) is 80.7 cm³/mol. The Bertz CT molecular complexity index is 699. The summed E-state index contributed by atoms with van der Waals surface area (Å²) in [5.74, 6) is 0.768. The number of rotatable bonds is 4. The van der Waals surface area contributed by atoms with Crippen LogP contribution in [0.1, 0.15) is 30.0 Å². The summed E-state index contributed by atoms with van der Waals surface area (Å²) in [7, 11) is 1.96. The van der Waals surface area contributed by atoms with Crippen LogP contribution in [0.4, 0.5) is 0 Å². The van der Waals surface area contributed by atoms with Crippen LogP contribution in [-0.4, -0.2) is 33.0 Å². The summed E-state index contributed by atoms with van der Waals surface area (Å²) >= 11 is 0. The molecule has 0 radical (unpaired) electrons. The third kappa shape index (κ3) is 2.36. The third-order valence-corrected chi connectivity index (χ3v) is 4.13. The van der Waals surface area contributed by atoms with Crippen LogP contribution in [0.3, 0.4) is 0 Å². The molecule has 6 heteroatoms. The Kier molecular flexibility index (Phi) is 2.87. The lowest BCUT2D eigenvalue weighted by atomic mass is 10.2. The van der Waals surface area contributed by atoms with E-state index >= 15 is 0 Å². The third-order valence-electron chi connectivity index (χ3n) is 4.13. The lowest BCUT2D eigenvalue weighted by Gasteiger charge is -2.19. The first-order valence-electron chi connectivity index (χ1n) is 7.38. The smallest absolute Gasteiger partial charge is 0.137 e. The molecular weight excluding hydrogens is 264 g/mol. The summed E-state index contributed by atoms with van der Waals surface area (Å²) in [6, 6.07) is 4.32. The van der Waals surface area contributed by atoms with E-state index < -0.39 is 0 Å². The van der Waals surface area contributed by atoms with Crippen molar-refractivity contribution in [2.45, 2.75) is 25.3 Å². The molecule has 3 heterocycles. The molecular formula is C15H20N6. The van der Waals surface area contributed by atoms with E-state index in [1.54, 1.807) is 0 Å². The molecule has 0 aromatic carbocycles. The summed E-state index contributed by atoms with van der Waals surface area (Å²) in [6.45, 7) is 1.24. The van der Waals surface area contributed by atoms with Gasteiger partial charge in [-0.1, -0.05) is 6.07 Å². The summed E-state index contributed by atoms with van der Waals surface area (Å²) < 4.78 is 2.14. The average molecular weight is 284 g/mol. The molecule has 1 saturated carbocycles.